The van der Waals surface area contributed by atoms with E-state index in [0.717, 1.165) is 11.1 Å². The highest BCUT2D eigenvalue weighted by molar-refractivity contribution is 5.87. The van der Waals surface area contributed by atoms with Crippen molar-refractivity contribution < 1.29 is 47.5 Å². The Morgan fingerprint density at radius 1 is 0.423 bits per heavy atom. The van der Waals surface area contributed by atoms with Crippen molar-refractivity contribution in [1.82, 2.24) is 10.6 Å². The van der Waals surface area contributed by atoms with Crippen LogP contribution in [0.3, 0.4) is 0 Å². The van der Waals surface area contributed by atoms with E-state index in [9.17, 15) is 9.59 Å². The molecule has 0 heterocycles. The van der Waals surface area contributed by atoms with Gasteiger partial charge in [-0.15, -0.1) is 0 Å². The van der Waals surface area contributed by atoms with E-state index in [4.69, 9.17) is 37.9 Å². The molecule has 0 aliphatic heterocycles. The minimum Gasteiger partial charge on any atom is -0.493 e. The molecular formula is C40H48N2O10. The number of amides is 2. The van der Waals surface area contributed by atoms with Crippen LogP contribution < -0.4 is 48.5 Å². The van der Waals surface area contributed by atoms with E-state index in [1.54, 1.807) is 69.0 Å². The van der Waals surface area contributed by atoms with Gasteiger partial charge in [-0.1, -0.05) is 12.1 Å². The number of carbonyl (C=O) groups is 2. The Bertz CT molecular complexity index is 1710. The summed E-state index contributed by atoms with van der Waals surface area (Å²) in [6.07, 6.45) is 1.25. The molecule has 52 heavy (non-hydrogen) atoms. The third-order valence-electron chi connectivity index (χ3n) is 8.58. The van der Waals surface area contributed by atoms with Crippen molar-refractivity contribution in [2.24, 2.45) is 0 Å². The lowest BCUT2D eigenvalue weighted by Crippen LogP contribution is -2.28. The highest BCUT2D eigenvalue weighted by Gasteiger charge is 2.21. The number of rotatable bonds is 19. The minimum atomic E-state index is -0.191. The van der Waals surface area contributed by atoms with Crippen molar-refractivity contribution in [1.29, 1.82) is 0 Å². The van der Waals surface area contributed by atoms with Gasteiger partial charge in [0.05, 0.1) is 69.7 Å². The average molecular weight is 717 g/mol. The molecule has 4 aromatic carbocycles. The fraction of sp³-hybridized carbons (Fsp3) is 0.350. The number of hydrogen-bond donors (Lipinski definition) is 2. The van der Waals surface area contributed by atoms with E-state index < -0.39 is 0 Å². The average Bonchev–Trinajstić information content (AvgIpc) is 3.17. The molecule has 0 spiro atoms. The molecule has 278 valence electrons. The maximum atomic E-state index is 13.4. The fourth-order valence-corrected chi connectivity index (χ4v) is 5.87. The van der Waals surface area contributed by atoms with Gasteiger partial charge in [0.15, 0.2) is 46.0 Å². The summed E-state index contributed by atoms with van der Waals surface area (Å²) in [6.45, 7) is 0.810. The summed E-state index contributed by atoms with van der Waals surface area (Å²) in [4.78, 5) is 26.8. The Kier molecular flexibility index (Phi) is 14.3. The first-order valence-corrected chi connectivity index (χ1v) is 16.7. The third-order valence-corrected chi connectivity index (χ3v) is 8.58. The molecule has 4 aromatic rings. The zero-order valence-corrected chi connectivity index (χ0v) is 31.1. The third kappa shape index (κ3) is 9.71. The summed E-state index contributed by atoms with van der Waals surface area (Å²) < 4.78 is 44.0. The van der Waals surface area contributed by atoms with Crippen molar-refractivity contribution in [3.05, 3.63) is 82.9 Å². The molecule has 0 aliphatic rings. The second-order valence-corrected chi connectivity index (χ2v) is 11.7. The van der Waals surface area contributed by atoms with Gasteiger partial charge >= 0.3 is 0 Å². The first-order valence-electron chi connectivity index (χ1n) is 16.7. The lowest BCUT2D eigenvalue weighted by atomic mass is 9.91. The van der Waals surface area contributed by atoms with Crippen LogP contribution in [-0.2, 0) is 35.3 Å². The molecule has 12 nitrogen and oxygen atoms in total. The van der Waals surface area contributed by atoms with Crippen LogP contribution in [0.15, 0.2) is 60.7 Å². The standard InChI is InChI=1S/C40H48N2O10/c1-45-31-11-9-25(17-33(31)47-3)13-15-41-39(43)21-27-19-35(49-5)37(51-7)23-29(27)30-24-38(52-8)36(50-6)20-28(30)22-40(44)42-16-14-26-10-12-32(46-2)34(18-26)48-4/h9-12,17-20,23-24H,13-16,21-22H2,1-8H3,(H,41,43)(H,42,44). The first kappa shape index (κ1) is 39.0. The van der Waals surface area contributed by atoms with Gasteiger partial charge in [-0.2, -0.15) is 0 Å². The highest BCUT2D eigenvalue weighted by atomic mass is 16.5. The van der Waals surface area contributed by atoms with Gasteiger partial charge in [0.25, 0.3) is 0 Å². The summed E-state index contributed by atoms with van der Waals surface area (Å²) in [5, 5.41) is 6.04. The molecule has 0 saturated carbocycles. The molecule has 2 amide bonds. The van der Waals surface area contributed by atoms with Crippen LogP contribution in [0.2, 0.25) is 0 Å². The second-order valence-electron chi connectivity index (χ2n) is 11.7. The van der Waals surface area contributed by atoms with Gasteiger partial charge in [0, 0.05) is 13.1 Å². The molecule has 0 radical (unpaired) electrons. The van der Waals surface area contributed by atoms with E-state index in [2.05, 4.69) is 10.6 Å². The first-order chi connectivity index (χ1) is 25.2. The zero-order chi connectivity index (χ0) is 37.6. The Hall–Kier alpha value is -5.78. The molecule has 0 bridgehead atoms. The van der Waals surface area contributed by atoms with Crippen molar-refractivity contribution in [2.45, 2.75) is 25.7 Å². The largest absolute Gasteiger partial charge is 0.493 e. The molecule has 4 rings (SSSR count). The van der Waals surface area contributed by atoms with Crippen LogP contribution >= 0.6 is 0 Å². The van der Waals surface area contributed by atoms with Gasteiger partial charge < -0.3 is 48.5 Å². The Morgan fingerprint density at radius 2 is 0.731 bits per heavy atom. The van der Waals surface area contributed by atoms with Crippen LogP contribution in [0.1, 0.15) is 22.3 Å². The summed E-state index contributed by atoms with van der Waals surface area (Å²) in [5.41, 5.74) is 4.68. The minimum absolute atomic E-state index is 0.0346. The number of methoxy groups -OCH3 is 8. The number of hydrogen-bond acceptors (Lipinski definition) is 10. The maximum absolute atomic E-state index is 13.4. The quantitative estimate of drug-likeness (QED) is 0.133. The number of benzene rings is 4. The van der Waals surface area contributed by atoms with Gasteiger partial charge in [0.2, 0.25) is 11.8 Å². The molecule has 0 fully saturated rings. The SMILES string of the molecule is COc1ccc(CCNC(=O)Cc2cc(OC)c(OC)cc2-c2cc(OC)c(OC)cc2CC(=O)NCCc2ccc(OC)c(OC)c2)cc1OC. The summed E-state index contributed by atoms with van der Waals surface area (Å²) in [5.74, 6) is 4.01. The molecule has 0 aromatic heterocycles. The lowest BCUT2D eigenvalue weighted by Gasteiger charge is -2.20. The van der Waals surface area contributed by atoms with E-state index in [-0.39, 0.29) is 24.7 Å². The van der Waals surface area contributed by atoms with Crippen LogP contribution in [-0.4, -0.2) is 81.8 Å². The predicted octanol–water partition coefficient (Wildman–Crippen LogP) is 5.23. The molecular weight excluding hydrogens is 668 g/mol. The summed E-state index contributed by atoms with van der Waals surface area (Å²) >= 11 is 0. The highest BCUT2D eigenvalue weighted by Crippen LogP contribution is 2.41. The topological polar surface area (TPSA) is 132 Å². The zero-order valence-electron chi connectivity index (χ0n) is 31.1. The van der Waals surface area contributed by atoms with Crippen LogP contribution in [0.5, 0.6) is 46.0 Å². The molecule has 0 aliphatic carbocycles. The molecule has 0 unspecified atom stereocenters. The molecule has 0 saturated heterocycles. The number of nitrogens with one attached hydrogen (secondary N) is 2. The van der Waals surface area contributed by atoms with Crippen molar-refractivity contribution >= 4 is 11.8 Å². The van der Waals surface area contributed by atoms with Crippen LogP contribution in [0.4, 0.5) is 0 Å². The van der Waals surface area contributed by atoms with Gasteiger partial charge in [0.1, 0.15) is 0 Å². The predicted molar refractivity (Wildman–Crippen MR) is 198 cm³/mol. The summed E-state index contributed by atoms with van der Waals surface area (Å²) in [7, 11) is 12.5. The Morgan fingerprint density at radius 3 is 1.06 bits per heavy atom. The van der Waals surface area contributed by atoms with E-state index in [1.807, 2.05) is 48.5 Å². The van der Waals surface area contributed by atoms with Gasteiger partial charge in [-0.3, -0.25) is 9.59 Å². The van der Waals surface area contributed by atoms with E-state index >= 15 is 0 Å². The fourth-order valence-electron chi connectivity index (χ4n) is 5.87. The van der Waals surface area contributed by atoms with Crippen molar-refractivity contribution in [3.8, 4) is 57.1 Å². The molecule has 2 N–H and O–H groups in total. The summed E-state index contributed by atoms with van der Waals surface area (Å²) in [6, 6.07) is 18.5. The normalized spacial score (nSPS) is 10.5. The Labute approximate surface area is 305 Å². The monoisotopic (exact) mass is 716 g/mol. The Balaban J connectivity index is 1.58. The van der Waals surface area contributed by atoms with Crippen molar-refractivity contribution in [3.63, 3.8) is 0 Å². The molecule has 12 heteroatoms. The van der Waals surface area contributed by atoms with Crippen molar-refractivity contribution in [2.75, 3.05) is 70.0 Å². The van der Waals surface area contributed by atoms with Crippen LogP contribution in [0.25, 0.3) is 11.1 Å². The smallest absolute Gasteiger partial charge is 0.224 e. The number of carbonyl (C=O) groups excluding carboxylic acids is 2. The van der Waals surface area contributed by atoms with E-state index in [0.29, 0.717) is 94.2 Å². The molecule has 0 atom stereocenters. The van der Waals surface area contributed by atoms with Gasteiger partial charge in [-0.05, 0) is 94.8 Å². The maximum Gasteiger partial charge on any atom is 0.224 e. The van der Waals surface area contributed by atoms with Gasteiger partial charge in [-0.25, -0.2) is 0 Å². The lowest BCUT2D eigenvalue weighted by molar-refractivity contribution is -0.121. The second kappa shape index (κ2) is 19.0. The number of ether oxygens (including phenoxy) is 8. The van der Waals surface area contributed by atoms with Crippen LogP contribution in [0, 0.1) is 0 Å². The van der Waals surface area contributed by atoms with E-state index in [1.165, 1.54) is 0 Å².